The van der Waals surface area contributed by atoms with Crippen molar-refractivity contribution in [2.75, 3.05) is 49.5 Å². The van der Waals surface area contributed by atoms with Crippen LogP contribution in [0.25, 0.3) is 11.2 Å². The van der Waals surface area contributed by atoms with Crippen LogP contribution < -0.4 is 21.3 Å². The average molecular weight is 608 g/mol. The molecule has 0 unspecified atom stereocenters. The molecular formula is C35H45N9O. The van der Waals surface area contributed by atoms with E-state index in [9.17, 15) is 4.79 Å². The molecule has 1 aliphatic heterocycles. The summed E-state index contributed by atoms with van der Waals surface area (Å²) >= 11 is 0. The van der Waals surface area contributed by atoms with Gasteiger partial charge in [0.2, 0.25) is 5.91 Å². The summed E-state index contributed by atoms with van der Waals surface area (Å²) in [6.45, 7) is 6.47. The number of imidazole rings is 1. The number of hydrogen-bond donors (Lipinski definition) is 3. The van der Waals surface area contributed by atoms with Gasteiger partial charge in [0.25, 0.3) is 0 Å². The lowest BCUT2D eigenvalue weighted by Crippen LogP contribution is -2.48. The summed E-state index contributed by atoms with van der Waals surface area (Å²) < 4.78 is 2.12. The van der Waals surface area contributed by atoms with Crippen molar-refractivity contribution in [1.29, 1.82) is 0 Å². The number of amides is 1. The van der Waals surface area contributed by atoms with E-state index in [1.165, 1.54) is 37.9 Å². The van der Waals surface area contributed by atoms with E-state index in [0.717, 1.165) is 79.8 Å². The zero-order valence-electron chi connectivity index (χ0n) is 26.0. The number of aromatic nitrogens is 4. The number of anilines is 3. The van der Waals surface area contributed by atoms with Crippen LogP contribution in [0, 0.1) is 11.8 Å². The summed E-state index contributed by atoms with van der Waals surface area (Å²) in [5.74, 6) is 2.36. The van der Waals surface area contributed by atoms with Gasteiger partial charge >= 0.3 is 0 Å². The van der Waals surface area contributed by atoms with Crippen molar-refractivity contribution in [3.8, 4) is 0 Å². The third-order valence-electron chi connectivity index (χ3n) is 10.1. The summed E-state index contributed by atoms with van der Waals surface area (Å²) in [7, 11) is 0. The molecule has 10 heteroatoms. The van der Waals surface area contributed by atoms with Gasteiger partial charge in [-0.2, -0.15) is 0 Å². The summed E-state index contributed by atoms with van der Waals surface area (Å²) in [5.41, 5.74) is 10.7. The molecule has 2 aromatic heterocycles. The largest absolute Gasteiger partial charge is 0.369 e. The van der Waals surface area contributed by atoms with Gasteiger partial charge in [-0.25, -0.2) is 15.0 Å². The maximum atomic E-state index is 12.5. The Morgan fingerprint density at radius 1 is 0.867 bits per heavy atom. The van der Waals surface area contributed by atoms with E-state index in [2.05, 4.69) is 64.2 Å². The maximum absolute atomic E-state index is 12.5. The highest BCUT2D eigenvalue weighted by Crippen LogP contribution is 2.35. The molecule has 0 bridgehead atoms. The number of fused-ring (bicyclic) bond motifs is 1. The molecular weight excluding hydrogens is 562 g/mol. The standard InChI is InChI=1S/C35H45N9O/c36-21-26-6-8-27(9-7-26)22-42-14-16-43(17-15-42)30-12-10-28(11-13-30)41-34-33-35(38-23-37-34)44(24-39-33)31-19-29(20-31)40-32(45)18-25-4-2-1-3-5-25/h1-5,10-13,23-24,26-27,29,31H,6-9,14-22,36H2,(H,40,45)(H,37,38,41). The first-order valence-electron chi connectivity index (χ1n) is 16.7. The van der Waals surface area contributed by atoms with E-state index < -0.39 is 0 Å². The molecule has 2 aliphatic carbocycles. The third-order valence-corrected chi connectivity index (χ3v) is 10.1. The number of nitrogens with one attached hydrogen (secondary N) is 2. The summed E-state index contributed by atoms with van der Waals surface area (Å²) in [6.07, 6.45) is 10.9. The number of nitrogens with two attached hydrogens (primary N) is 1. The second kappa shape index (κ2) is 13.5. The number of piperazine rings is 1. The lowest BCUT2D eigenvalue weighted by atomic mass is 9.82. The molecule has 10 nitrogen and oxygen atoms in total. The Hall–Kier alpha value is -4.02. The molecule has 45 heavy (non-hydrogen) atoms. The van der Waals surface area contributed by atoms with Crippen LogP contribution in [-0.2, 0) is 11.2 Å². The van der Waals surface area contributed by atoms with Crippen LogP contribution in [0.2, 0.25) is 0 Å². The number of nitrogens with zero attached hydrogens (tertiary/aromatic N) is 6. The number of rotatable bonds is 10. The van der Waals surface area contributed by atoms with Gasteiger partial charge in [-0.3, -0.25) is 9.69 Å². The van der Waals surface area contributed by atoms with E-state index in [1.807, 2.05) is 36.7 Å². The summed E-state index contributed by atoms with van der Waals surface area (Å²) in [5, 5.41) is 6.64. The molecule has 1 amide bonds. The van der Waals surface area contributed by atoms with E-state index in [-0.39, 0.29) is 18.0 Å². The smallest absolute Gasteiger partial charge is 0.224 e. The van der Waals surface area contributed by atoms with Crippen molar-refractivity contribution in [2.45, 2.75) is 57.0 Å². The van der Waals surface area contributed by atoms with Crippen molar-refractivity contribution in [3.63, 3.8) is 0 Å². The van der Waals surface area contributed by atoms with Crippen molar-refractivity contribution in [2.24, 2.45) is 17.6 Å². The molecule has 2 aromatic carbocycles. The topological polar surface area (TPSA) is 117 Å². The van der Waals surface area contributed by atoms with Crippen LogP contribution in [0.1, 0.15) is 50.1 Å². The van der Waals surface area contributed by atoms with Crippen LogP contribution in [0.15, 0.2) is 67.3 Å². The fraction of sp³-hybridized carbons (Fsp3) is 0.486. The minimum Gasteiger partial charge on any atom is -0.369 e. The van der Waals surface area contributed by atoms with Crippen molar-refractivity contribution >= 4 is 34.3 Å². The van der Waals surface area contributed by atoms with Gasteiger partial charge in [-0.15, -0.1) is 0 Å². The second-order valence-electron chi connectivity index (χ2n) is 13.2. The molecule has 0 atom stereocenters. The predicted molar refractivity (Wildman–Crippen MR) is 179 cm³/mol. The molecule has 3 heterocycles. The molecule has 0 spiro atoms. The first kappa shape index (κ1) is 29.7. The maximum Gasteiger partial charge on any atom is 0.224 e. The second-order valence-corrected chi connectivity index (χ2v) is 13.2. The van der Waals surface area contributed by atoms with Crippen molar-refractivity contribution < 1.29 is 4.79 Å². The Morgan fingerprint density at radius 3 is 2.33 bits per heavy atom. The molecule has 0 radical (unpaired) electrons. The Balaban J connectivity index is 0.901. The average Bonchev–Trinajstić information content (AvgIpc) is 3.49. The molecule has 4 N–H and O–H groups in total. The fourth-order valence-electron chi connectivity index (χ4n) is 7.30. The highest BCUT2D eigenvalue weighted by Gasteiger charge is 2.33. The Labute approximate surface area is 265 Å². The first-order chi connectivity index (χ1) is 22.1. The Morgan fingerprint density at radius 2 is 1.60 bits per heavy atom. The van der Waals surface area contributed by atoms with Gasteiger partial charge in [-0.1, -0.05) is 30.3 Å². The molecule has 1 saturated heterocycles. The van der Waals surface area contributed by atoms with Crippen LogP contribution in [0.4, 0.5) is 17.2 Å². The molecule has 4 aromatic rings. The van der Waals surface area contributed by atoms with Crippen molar-refractivity contribution in [3.05, 3.63) is 72.8 Å². The van der Waals surface area contributed by atoms with Gasteiger partial charge in [-0.05, 0) is 86.7 Å². The molecule has 3 aliphatic rings. The van der Waals surface area contributed by atoms with Gasteiger partial charge in [0.15, 0.2) is 17.0 Å². The molecule has 236 valence electrons. The normalized spacial score (nSPS) is 23.9. The third kappa shape index (κ3) is 6.97. The monoisotopic (exact) mass is 607 g/mol. The van der Waals surface area contributed by atoms with E-state index in [0.29, 0.717) is 12.2 Å². The predicted octanol–water partition coefficient (Wildman–Crippen LogP) is 4.52. The number of carbonyl (C=O) groups is 1. The van der Waals surface area contributed by atoms with E-state index in [1.54, 1.807) is 6.33 Å². The minimum absolute atomic E-state index is 0.0681. The Kier molecular flexibility index (Phi) is 8.93. The fourth-order valence-corrected chi connectivity index (χ4v) is 7.30. The van der Waals surface area contributed by atoms with Crippen LogP contribution in [0.3, 0.4) is 0 Å². The van der Waals surface area contributed by atoms with Gasteiger partial charge in [0.1, 0.15) is 6.33 Å². The molecule has 7 rings (SSSR count). The van der Waals surface area contributed by atoms with E-state index in [4.69, 9.17) is 5.73 Å². The number of carbonyl (C=O) groups excluding carboxylic acids is 1. The van der Waals surface area contributed by atoms with Gasteiger partial charge < -0.3 is 25.8 Å². The Bertz CT molecular complexity index is 1550. The lowest BCUT2D eigenvalue weighted by Gasteiger charge is -2.39. The van der Waals surface area contributed by atoms with Crippen LogP contribution in [0.5, 0.6) is 0 Å². The number of benzene rings is 2. The summed E-state index contributed by atoms with van der Waals surface area (Å²) in [4.78, 5) is 31.4. The van der Waals surface area contributed by atoms with Gasteiger partial charge in [0.05, 0.1) is 12.7 Å². The quantitative estimate of drug-likeness (QED) is 0.241. The number of hydrogen-bond acceptors (Lipinski definition) is 8. The van der Waals surface area contributed by atoms with Gasteiger partial charge in [0, 0.05) is 56.2 Å². The first-order valence-corrected chi connectivity index (χ1v) is 16.7. The van der Waals surface area contributed by atoms with Crippen LogP contribution in [-0.4, -0.2) is 75.6 Å². The molecule has 3 fully saturated rings. The minimum atomic E-state index is 0.0681. The van der Waals surface area contributed by atoms with Crippen LogP contribution >= 0.6 is 0 Å². The van der Waals surface area contributed by atoms with E-state index >= 15 is 0 Å². The highest BCUT2D eigenvalue weighted by atomic mass is 16.1. The SMILES string of the molecule is NCC1CCC(CN2CCN(c3ccc(Nc4ncnc5c4ncn5C4CC(NC(=O)Cc5ccccc5)C4)cc3)CC2)CC1. The van der Waals surface area contributed by atoms with Crippen molar-refractivity contribution in [1.82, 2.24) is 29.7 Å². The zero-order valence-corrected chi connectivity index (χ0v) is 26.0. The summed E-state index contributed by atoms with van der Waals surface area (Å²) in [6, 6.07) is 18.9. The molecule has 2 saturated carbocycles. The highest BCUT2D eigenvalue weighted by molar-refractivity contribution is 5.85. The zero-order chi connectivity index (χ0) is 30.6. The lowest BCUT2D eigenvalue weighted by molar-refractivity contribution is -0.121.